The molecule has 1 fully saturated rings. The summed E-state index contributed by atoms with van der Waals surface area (Å²) in [5.41, 5.74) is 4.85. The van der Waals surface area contributed by atoms with Gasteiger partial charge in [-0.3, -0.25) is 9.59 Å². The third kappa shape index (κ3) is 3.09. The molecule has 3 N–H and O–H groups in total. The van der Waals surface area contributed by atoms with Crippen molar-refractivity contribution in [3.05, 3.63) is 29.6 Å². The van der Waals surface area contributed by atoms with E-state index in [1.165, 1.54) is 0 Å². The Morgan fingerprint density at radius 2 is 1.90 bits per heavy atom. The molecule has 7 heteroatoms. The first kappa shape index (κ1) is 14.4. The molecule has 5 nitrogen and oxygen atoms in total. The monoisotopic (exact) mass is 283 g/mol. The highest BCUT2D eigenvalue weighted by atomic mass is 19.2. The van der Waals surface area contributed by atoms with Gasteiger partial charge in [-0.15, -0.1) is 0 Å². The van der Waals surface area contributed by atoms with Gasteiger partial charge in [0.2, 0.25) is 11.9 Å². The minimum absolute atomic E-state index is 0.159. The summed E-state index contributed by atoms with van der Waals surface area (Å²) in [7, 11) is 0. The Balaban J connectivity index is 1.96. The van der Waals surface area contributed by atoms with Crippen LogP contribution in [0.3, 0.4) is 0 Å². The van der Waals surface area contributed by atoms with Crippen LogP contribution in [0, 0.1) is 17.7 Å². The zero-order valence-electron chi connectivity index (χ0n) is 10.7. The van der Waals surface area contributed by atoms with Gasteiger partial charge in [-0.1, -0.05) is 0 Å². The van der Waals surface area contributed by atoms with Crippen molar-refractivity contribution in [2.45, 2.75) is 31.7 Å². The number of hydrogen-bond acceptors (Lipinski definition) is 3. The second kappa shape index (κ2) is 5.94. The normalized spacial score (nSPS) is 22.3. The van der Waals surface area contributed by atoms with Crippen LogP contribution in [0.25, 0.3) is 0 Å². The number of primary amides is 1. The minimum atomic E-state index is -1.30. The summed E-state index contributed by atoms with van der Waals surface area (Å²) >= 11 is 0. The van der Waals surface area contributed by atoms with Gasteiger partial charge < -0.3 is 11.1 Å². The van der Waals surface area contributed by atoms with E-state index in [-0.39, 0.29) is 23.4 Å². The van der Waals surface area contributed by atoms with Crippen molar-refractivity contribution in [3.63, 3.8) is 0 Å². The van der Waals surface area contributed by atoms with Crippen LogP contribution < -0.4 is 11.1 Å². The molecule has 20 heavy (non-hydrogen) atoms. The molecular weight excluding hydrogens is 268 g/mol. The Hall–Kier alpha value is -2.05. The number of halogens is 2. The number of pyridine rings is 1. The molecule has 1 aromatic rings. The van der Waals surface area contributed by atoms with E-state index in [0.29, 0.717) is 25.7 Å². The number of aromatic nitrogens is 1. The Kier molecular flexibility index (Phi) is 4.26. The average molecular weight is 283 g/mol. The fourth-order valence-electron chi connectivity index (χ4n) is 2.38. The third-order valence-electron chi connectivity index (χ3n) is 3.56. The third-order valence-corrected chi connectivity index (χ3v) is 3.56. The van der Waals surface area contributed by atoms with Gasteiger partial charge in [-0.05, 0) is 31.7 Å². The first-order valence-corrected chi connectivity index (χ1v) is 6.39. The van der Waals surface area contributed by atoms with Gasteiger partial charge in [0, 0.05) is 18.2 Å². The van der Waals surface area contributed by atoms with E-state index in [1.807, 2.05) is 0 Å². The molecular formula is C13H15F2N3O2. The number of carbonyl (C=O) groups is 2. The van der Waals surface area contributed by atoms with E-state index >= 15 is 0 Å². The number of hydrogen-bond donors (Lipinski definition) is 2. The highest BCUT2D eigenvalue weighted by molar-refractivity contribution is 5.94. The zero-order chi connectivity index (χ0) is 14.7. The molecule has 1 aliphatic rings. The lowest BCUT2D eigenvalue weighted by molar-refractivity contribution is -0.122. The van der Waals surface area contributed by atoms with Crippen LogP contribution >= 0.6 is 0 Å². The van der Waals surface area contributed by atoms with Gasteiger partial charge >= 0.3 is 0 Å². The molecule has 0 aliphatic heterocycles. The molecule has 0 bridgehead atoms. The largest absolute Gasteiger partial charge is 0.369 e. The lowest BCUT2D eigenvalue weighted by atomic mass is 9.85. The summed E-state index contributed by atoms with van der Waals surface area (Å²) in [6.07, 6.45) is 3.40. The zero-order valence-corrected chi connectivity index (χ0v) is 10.7. The summed E-state index contributed by atoms with van der Waals surface area (Å²) in [5, 5.41) is 2.64. The predicted octanol–water partition coefficient (Wildman–Crippen LogP) is 1.13. The molecule has 2 rings (SSSR count). The number of rotatable bonds is 3. The van der Waals surface area contributed by atoms with Crippen LogP contribution in [0.2, 0.25) is 0 Å². The van der Waals surface area contributed by atoms with Gasteiger partial charge in [0.05, 0.1) is 5.56 Å². The van der Waals surface area contributed by atoms with E-state index in [2.05, 4.69) is 10.3 Å². The maximum absolute atomic E-state index is 13.4. The van der Waals surface area contributed by atoms with E-state index < -0.39 is 17.7 Å². The van der Waals surface area contributed by atoms with Gasteiger partial charge in [0.25, 0.3) is 5.91 Å². The highest BCUT2D eigenvalue weighted by Gasteiger charge is 2.26. The number of nitrogens with two attached hydrogens (primary N) is 1. The van der Waals surface area contributed by atoms with Crippen molar-refractivity contribution in [1.29, 1.82) is 0 Å². The Labute approximate surface area is 114 Å². The van der Waals surface area contributed by atoms with E-state index in [0.717, 1.165) is 12.3 Å². The second-order valence-electron chi connectivity index (χ2n) is 4.89. The van der Waals surface area contributed by atoms with Gasteiger partial charge in [-0.25, -0.2) is 9.37 Å². The van der Waals surface area contributed by atoms with E-state index in [4.69, 9.17) is 5.73 Å². The molecule has 0 aromatic carbocycles. The predicted molar refractivity (Wildman–Crippen MR) is 66.6 cm³/mol. The number of amides is 2. The van der Waals surface area contributed by atoms with Gasteiger partial charge in [-0.2, -0.15) is 4.39 Å². The number of nitrogens with one attached hydrogen (secondary N) is 1. The van der Waals surface area contributed by atoms with Gasteiger partial charge in [0.1, 0.15) is 0 Å². The van der Waals surface area contributed by atoms with E-state index in [1.54, 1.807) is 0 Å². The van der Waals surface area contributed by atoms with Crippen molar-refractivity contribution in [2.24, 2.45) is 11.7 Å². The van der Waals surface area contributed by atoms with Crippen LogP contribution in [0.15, 0.2) is 12.3 Å². The van der Waals surface area contributed by atoms with Crippen LogP contribution in [-0.2, 0) is 4.79 Å². The van der Waals surface area contributed by atoms with Crippen LogP contribution in [0.4, 0.5) is 8.78 Å². The van der Waals surface area contributed by atoms with Crippen molar-refractivity contribution in [3.8, 4) is 0 Å². The van der Waals surface area contributed by atoms with Crippen LogP contribution in [0.5, 0.6) is 0 Å². The minimum Gasteiger partial charge on any atom is -0.369 e. The second-order valence-corrected chi connectivity index (χ2v) is 4.89. The maximum atomic E-state index is 13.4. The SMILES string of the molecule is NC(=O)C1CCC(NC(=O)c2ccnc(F)c2F)CC1. The number of carbonyl (C=O) groups excluding carboxylic acids is 2. The summed E-state index contributed by atoms with van der Waals surface area (Å²) in [5.74, 6) is -3.73. The molecule has 0 saturated heterocycles. The quantitative estimate of drug-likeness (QED) is 0.816. The lowest BCUT2D eigenvalue weighted by Crippen LogP contribution is -2.40. The average Bonchev–Trinajstić information content (AvgIpc) is 2.42. The van der Waals surface area contributed by atoms with Crippen molar-refractivity contribution in [1.82, 2.24) is 10.3 Å². The molecule has 1 aromatic heterocycles. The fraction of sp³-hybridized carbons (Fsp3) is 0.462. The molecule has 0 radical (unpaired) electrons. The maximum Gasteiger partial charge on any atom is 0.254 e. The Morgan fingerprint density at radius 3 is 2.50 bits per heavy atom. The summed E-state index contributed by atoms with van der Waals surface area (Å²) in [6, 6.07) is 0.969. The highest BCUT2D eigenvalue weighted by Crippen LogP contribution is 2.24. The number of nitrogens with zero attached hydrogens (tertiary/aromatic N) is 1. The van der Waals surface area contributed by atoms with Crippen LogP contribution in [0.1, 0.15) is 36.0 Å². The van der Waals surface area contributed by atoms with Crippen molar-refractivity contribution >= 4 is 11.8 Å². The Bertz CT molecular complexity index is 528. The summed E-state index contributed by atoms with van der Waals surface area (Å²) < 4.78 is 26.4. The standard InChI is InChI=1S/C13H15F2N3O2/c14-10-9(5-6-17-11(10)15)13(20)18-8-3-1-7(2-4-8)12(16)19/h5-8H,1-4H2,(H2,16,19)(H,18,20). The molecule has 0 atom stereocenters. The topological polar surface area (TPSA) is 85.1 Å². The Morgan fingerprint density at radius 1 is 1.25 bits per heavy atom. The molecule has 1 heterocycles. The van der Waals surface area contributed by atoms with Crippen molar-refractivity contribution in [2.75, 3.05) is 0 Å². The first-order valence-electron chi connectivity index (χ1n) is 6.39. The van der Waals surface area contributed by atoms with Gasteiger partial charge in [0.15, 0.2) is 5.82 Å². The fourth-order valence-corrected chi connectivity index (χ4v) is 2.38. The molecule has 2 amide bonds. The molecule has 108 valence electrons. The smallest absolute Gasteiger partial charge is 0.254 e. The van der Waals surface area contributed by atoms with E-state index in [9.17, 15) is 18.4 Å². The lowest BCUT2D eigenvalue weighted by Gasteiger charge is -2.27. The molecule has 0 spiro atoms. The summed E-state index contributed by atoms with van der Waals surface area (Å²) in [4.78, 5) is 26.0. The molecule has 1 saturated carbocycles. The van der Waals surface area contributed by atoms with Crippen molar-refractivity contribution < 1.29 is 18.4 Å². The molecule has 0 unspecified atom stereocenters. The van der Waals surface area contributed by atoms with Crippen LogP contribution in [-0.4, -0.2) is 22.8 Å². The summed E-state index contributed by atoms with van der Waals surface area (Å²) in [6.45, 7) is 0. The first-order chi connectivity index (χ1) is 9.49. The molecule has 1 aliphatic carbocycles.